The molecule has 1 aliphatic heterocycles. The average molecular weight is 297 g/mol. The van der Waals surface area contributed by atoms with Crippen LogP contribution in [0.1, 0.15) is 31.2 Å². The van der Waals surface area contributed by atoms with Gasteiger partial charge in [0.1, 0.15) is 0 Å². The summed E-state index contributed by atoms with van der Waals surface area (Å²) in [7, 11) is -3.30. The highest BCUT2D eigenvalue weighted by atomic mass is 32.2. The Labute approximate surface area is 119 Å². The van der Waals surface area contributed by atoms with Crippen LogP contribution in [0.4, 0.5) is 0 Å². The number of ether oxygens (including phenoxy) is 1. The Morgan fingerprint density at radius 2 is 2.25 bits per heavy atom. The third-order valence-corrected chi connectivity index (χ3v) is 5.57. The summed E-state index contributed by atoms with van der Waals surface area (Å²) in [5.41, 5.74) is 1.08. The molecule has 0 aromatic carbocycles. The second-order valence-corrected chi connectivity index (χ2v) is 7.29. The monoisotopic (exact) mass is 297 g/mol. The summed E-state index contributed by atoms with van der Waals surface area (Å²) in [4.78, 5) is 15.8. The van der Waals surface area contributed by atoms with Crippen LogP contribution in [-0.2, 0) is 25.8 Å². The van der Waals surface area contributed by atoms with E-state index >= 15 is 0 Å². The van der Waals surface area contributed by atoms with Crippen LogP contribution < -0.4 is 0 Å². The Morgan fingerprint density at radius 3 is 2.95 bits per heavy atom. The maximum absolute atomic E-state index is 11.8. The molecule has 6 heteroatoms. The molecular weight excluding hydrogens is 278 g/mol. The molecule has 1 atom stereocenters. The summed E-state index contributed by atoms with van der Waals surface area (Å²) in [5.74, 6) is -0.487. The number of hydrogen-bond acceptors (Lipinski definition) is 5. The number of sulfone groups is 1. The highest BCUT2D eigenvalue weighted by molar-refractivity contribution is 7.92. The predicted octanol–water partition coefficient (Wildman–Crippen LogP) is 1.52. The van der Waals surface area contributed by atoms with Gasteiger partial charge in [-0.25, -0.2) is 8.42 Å². The van der Waals surface area contributed by atoms with Gasteiger partial charge in [0.05, 0.1) is 12.4 Å². The molecule has 1 saturated heterocycles. The van der Waals surface area contributed by atoms with Crippen LogP contribution in [0.25, 0.3) is 0 Å². The molecule has 0 bridgehead atoms. The zero-order chi connectivity index (χ0) is 14.4. The quantitative estimate of drug-likeness (QED) is 0.608. The smallest absolute Gasteiger partial charge is 0.324 e. The van der Waals surface area contributed by atoms with Gasteiger partial charge in [-0.2, -0.15) is 0 Å². The summed E-state index contributed by atoms with van der Waals surface area (Å²) < 4.78 is 28.6. The molecule has 20 heavy (non-hydrogen) atoms. The number of aromatic nitrogens is 1. The summed E-state index contributed by atoms with van der Waals surface area (Å²) in [6.45, 7) is 0.250. The lowest BCUT2D eigenvalue weighted by Gasteiger charge is -2.20. The van der Waals surface area contributed by atoms with Crippen molar-refractivity contribution >= 4 is 15.8 Å². The lowest BCUT2D eigenvalue weighted by Crippen LogP contribution is -2.36. The zero-order valence-electron chi connectivity index (χ0n) is 11.3. The molecule has 1 aliphatic rings. The first-order chi connectivity index (χ1) is 9.59. The Balaban J connectivity index is 1.75. The summed E-state index contributed by atoms with van der Waals surface area (Å²) >= 11 is 0. The van der Waals surface area contributed by atoms with Crippen molar-refractivity contribution in [2.75, 3.05) is 12.4 Å². The van der Waals surface area contributed by atoms with E-state index in [9.17, 15) is 13.2 Å². The van der Waals surface area contributed by atoms with E-state index in [1.807, 2.05) is 12.1 Å². The molecule has 0 aliphatic carbocycles. The largest absolute Gasteiger partial charge is 0.465 e. The number of carbonyl (C=O) groups is 1. The minimum absolute atomic E-state index is 0.0997. The van der Waals surface area contributed by atoms with Gasteiger partial charge in [0.15, 0.2) is 15.1 Å². The second-order valence-electron chi connectivity index (χ2n) is 4.98. The van der Waals surface area contributed by atoms with Crippen molar-refractivity contribution in [1.82, 2.24) is 4.98 Å². The fraction of sp³-hybridized carbons (Fsp3) is 0.571. The van der Waals surface area contributed by atoms with Gasteiger partial charge in [0, 0.05) is 12.4 Å². The normalized spacial score (nSPS) is 21.3. The predicted molar refractivity (Wildman–Crippen MR) is 74.9 cm³/mol. The second kappa shape index (κ2) is 6.83. The zero-order valence-corrected chi connectivity index (χ0v) is 12.1. The number of aryl methyl sites for hydroxylation is 1. The summed E-state index contributed by atoms with van der Waals surface area (Å²) in [6, 6.07) is 3.82. The third kappa shape index (κ3) is 4.03. The van der Waals surface area contributed by atoms with Crippen molar-refractivity contribution in [2.45, 2.75) is 37.4 Å². The number of hydrogen-bond donors (Lipinski definition) is 0. The maximum atomic E-state index is 11.8. The Bertz CT molecular complexity index is 542. The number of carbonyl (C=O) groups excluding carboxylic acids is 1. The first-order valence-corrected chi connectivity index (χ1v) is 8.58. The standard InChI is InChI=1S/C14H19NO4S/c16-14(13-7-1-2-10-20(13,17)18)19-9-4-6-12-5-3-8-15-11-12/h3,5,8,11,13H,1-2,4,6-7,9-10H2/t13-/m1/s1. The molecule has 1 fully saturated rings. The van der Waals surface area contributed by atoms with E-state index in [0.717, 1.165) is 18.4 Å². The van der Waals surface area contributed by atoms with Crippen molar-refractivity contribution in [3.05, 3.63) is 30.1 Å². The van der Waals surface area contributed by atoms with Crippen LogP contribution in [0.3, 0.4) is 0 Å². The van der Waals surface area contributed by atoms with Crippen molar-refractivity contribution < 1.29 is 17.9 Å². The van der Waals surface area contributed by atoms with E-state index in [1.165, 1.54) is 0 Å². The highest BCUT2D eigenvalue weighted by Gasteiger charge is 2.35. The van der Waals surface area contributed by atoms with E-state index in [-0.39, 0.29) is 12.4 Å². The molecule has 0 spiro atoms. The lowest BCUT2D eigenvalue weighted by atomic mass is 10.2. The molecule has 0 unspecified atom stereocenters. The van der Waals surface area contributed by atoms with Gasteiger partial charge in [-0.05, 0) is 37.3 Å². The Kier molecular flexibility index (Phi) is 5.11. The molecule has 2 rings (SSSR count). The number of nitrogens with zero attached hydrogens (tertiary/aromatic N) is 1. The van der Waals surface area contributed by atoms with Crippen LogP contribution in [0, 0.1) is 0 Å². The van der Waals surface area contributed by atoms with Gasteiger partial charge in [-0.15, -0.1) is 0 Å². The van der Waals surface area contributed by atoms with Crippen LogP contribution in [-0.4, -0.2) is 37.0 Å². The van der Waals surface area contributed by atoms with E-state index in [2.05, 4.69) is 4.98 Å². The van der Waals surface area contributed by atoms with Crippen molar-refractivity contribution in [2.24, 2.45) is 0 Å². The van der Waals surface area contributed by atoms with Crippen LogP contribution in [0.2, 0.25) is 0 Å². The van der Waals surface area contributed by atoms with Crippen molar-refractivity contribution in [1.29, 1.82) is 0 Å². The Morgan fingerprint density at radius 1 is 1.40 bits per heavy atom. The molecule has 1 aromatic rings. The van der Waals surface area contributed by atoms with Gasteiger partial charge >= 0.3 is 5.97 Å². The van der Waals surface area contributed by atoms with E-state index in [4.69, 9.17) is 4.74 Å². The summed E-state index contributed by atoms with van der Waals surface area (Å²) in [5, 5.41) is -0.949. The molecule has 0 N–H and O–H groups in total. The van der Waals surface area contributed by atoms with Crippen LogP contribution >= 0.6 is 0 Å². The molecule has 110 valence electrons. The minimum Gasteiger partial charge on any atom is -0.465 e. The van der Waals surface area contributed by atoms with Gasteiger partial charge in [-0.1, -0.05) is 12.5 Å². The number of esters is 1. The van der Waals surface area contributed by atoms with Gasteiger partial charge in [0.25, 0.3) is 0 Å². The topological polar surface area (TPSA) is 73.3 Å². The SMILES string of the molecule is O=C(OCCCc1cccnc1)[C@H]1CCCCS1(=O)=O. The molecular formula is C14H19NO4S. The van der Waals surface area contributed by atoms with Gasteiger partial charge in [-0.3, -0.25) is 9.78 Å². The molecule has 0 saturated carbocycles. The van der Waals surface area contributed by atoms with Gasteiger partial charge in [0.2, 0.25) is 0 Å². The van der Waals surface area contributed by atoms with E-state index in [0.29, 0.717) is 19.3 Å². The molecule has 1 aromatic heterocycles. The third-order valence-electron chi connectivity index (χ3n) is 3.42. The first-order valence-electron chi connectivity index (χ1n) is 6.87. The maximum Gasteiger partial charge on any atom is 0.324 e. The molecule has 5 nitrogen and oxygen atoms in total. The Hall–Kier alpha value is -1.43. The highest BCUT2D eigenvalue weighted by Crippen LogP contribution is 2.20. The fourth-order valence-corrected chi connectivity index (χ4v) is 4.09. The summed E-state index contributed by atoms with van der Waals surface area (Å²) in [6.07, 6.45) is 6.72. The minimum atomic E-state index is -3.30. The average Bonchev–Trinajstić information content (AvgIpc) is 2.44. The number of rotatable bonds is 5. The van der Waals surface area contributed by atoms with Crippen LogP contribution in [0.15, 0.2) is 24.5 Å². The van der Waals surface area contributed by atoms with Crippen LogP contribution in [0.5, 0.6) is 0 Å². The van der Waals surface area contributed by atoms with E-state index < -0.39 is 21.1 Å². The molecule has 0 amide bonds. The fourth-order valence-electron chi connectivity index (χ4n) is 2.31. The van der Waals surface area contributed by atoms with Crippen molar-refractivity contribution in [3.63, 3.8) is 0 Å². The molecule has 0 radical (unpaired) electrons. The number of pyridine rings is 1. The lowest BCUT2D eigenvalue weighted by molar-refractivity contribution is -0.143. The van der Waals surface area contributed by atoms with E-state index in [1.54, 1.807) is 12.4 Å². The van der Waals surface area contributed by atoms with Gasteiger partial charge < -0.3 is 4.74 Å². The molecule has 2 heterocycles. The first kappa shape index (κ1) is 15.0. The van der Waals surface area contributed by atoms with Crippen molar-refractivity contribution in [3.8, 4) is 0 Å².